The van der Waals surface area contributed by atoms with E-state index in [0.29, 0.717) is 19.1 Å². The van der Waals surface area contributed by atoms with Crippen LogP contribution in [0.5, 0.6) is 11.5 Å². The molecule has 0 aromatic heterocycles. The summed E-state index contributed by atoms with van der Waals surface area (Å²) in [5, 5.41) is 0. The average molecular weight is 283 g/mol. The quantitative estimate of drug-likeness (QED) is 0.912. The lowest BCUT2D eigenvalue weighted by Crippen LogP contribution is -2.12. The van der Waals surface area contributed by atoms with Gasteiger partial charge in [-0.2, -0.15) is 0 Å². The molecule has 3 rings (SSSR count). The number of hydrogen-bond donors (Lipinski definition) is 1. The molecular weight excluding hydrogens is 262 g/mol. The van der Waals surface area contributed by atoms with Crippen LogP contribution in [0.25, 0.3) is 11.1 Å². The molecule has 0 spiro atoms. The highest BCUT2D eigenvalue weighted by atomic mass is 16.5. The molecule has 1 aliphatic rings. The van der Waals surface area contributed by atoms with Crippen LogP contribution in [-0.4, -0.2) is 13.2 Å². The Morgan fingerprint density at radius 2 is 1.57 bits per heavy atom. The highest BCUT2D eigenvalue weighted by molar-refractivity contribution is 5.67. The van der Waals surface area contributed by atoms with Gasteiger partial charge in [0.05, 0.1) is 13.2 Å². The van der Waals surface area contributed by atoms with Gasteiger partial charge in [-0.1, -0.05) is 37.3 Å². The fraction of sp³-hybridized carbons (Fsp3) is 0.333. The van der Waals surface area contributed by atoms with Gasteiger partial charge in [-0.25, -0.2) is 0 Å². The molecule has 0 bridgehead atoms. The van der Waals surface area contributed by atoms with E-state index in [4.69, 9.17) is 15.2 Å². The number of nitrogens with two attached hydrogens (primary N) is 1. The summed E-state index contributed by atoms with van der Waals surface area (Å²) in [5.41, 5.74) is 9.31. The summed E-state index contributed by atoms with van der Waals surface area (Å²) in [5.74, 6) is 2.06. The van der Waals surface area contributed by atoms with E-state index in [0.717, 1.165) is 28.2 Å². The molecule has 1 heterocycles. The number of hydrogen-bond acceptors (Lipinski definition) is 3. The zero-order chi connectivity index (χ0) is 14.8. The van der Waals surface area contributed by atoms with Crippen LogP contribution in [0, 0.1) is 5.92 Å². The van der Waals surface area contributed by atoms with E-state index in [1.807, 2.05) is 19.1 Å². The molecule has 2 aromatic carbocycles. The minimum Gasteiger partial charge on any atom is -0.489 e. The molecule has 3 nitrogen and oxygen atoms in total. The maximum absolute atomic E-state index is 5.89. The Labute approximate surface area is 125 Å². The van der Waals surface area contributed by atoms with Gasteiger partial charge < -0.3 is 15.2 Å². The fourth-order valence-corrected chi connectivity index (χ4v) is 2.41. The maximum Gasteiger partial charge on any atom is 0.161 e. The first-order chi connectivity index (χ1) is 10.1. The standard InChI is InChI=1S/C18H21NO2/c1-12-10-20-17-8-7-16(9-18(17)21-11-12)15-5-3-14(4-6-15)13(2)19/h3-9,12-13H,10-11,19H2,1-2H3. The summed E-state index contributed by atoms with van der Waals surface area (Å²) in [6, 6.07) is 14.5. The zero-order valence-electron chi connectivity index (χ0n) is 12.5. The van der Waals surface area contributed by atoms with Crippen molar-refractivity contribution in [2.75, 3.05) is 13.2 Å². The summed E-state index contributed by atoms with van der Waals surface area (Å²) in [6.45, 7) is 5.51. The van der Waals surface area contributed by atoms with Crippen molar-refractivity contribution in [3.05, 3.63) is 48.0 Å². The minimum absolute atomic E-state index is 0.0596. The van der Waals surface area contributed by atoms with Crippen LogP contribution in [0.15, 0.2) is 42.5 Å². The van der Waals surface area contributed by atoms with Gasteiger partial charge in [0.25, 0.3) is 0 Å². The summed E-state index contributed by atoms with van der Waals surface area (Å²) in [4.78, 5) is 0. The molecule has 3 heteroatoms. The molecular formula is C18H21NO2. The lowest BCUT2D eigenvalue weighted by Gasteiger charge is -2.11. The van der Waals surface area contributed by atoms with Gasteiger partial charge in [0.1, 0.15) is 0 Å². The van der Waals surface area contributed by atoms with Crippen LogP contribution in [-0.2, 0) is 0 Å². The number of benzene rings is 2. The first-order valence-corrected chi connectivity index (χ1v) is 7.39. The van der Waals surface area contributed by atoms with E-state index in [-0.39, 0.29) is 6.04 Å². The van der Waals surface area contributed by atoms with Crippen molar-refractivity contribution in [3.8, 4) is 22.6 Å². The molecule has 2 N–H and O–H groups in total. The third-order valence-electron chi connectivity index (χ3n) is 3.76. The van der Waals surface area contributed by atoms with E-state index in [1.54, 1.807) is 0 Å². The minimum atomic E-state index is 0.0596. The molecule has 0 radical (unpaired) electrons. The summed E-state index contributed by atoms with van der Waals surface area (Å²) >= 11 is 0. The van der Waals surface area contributed by atoms with Crippen molar-refractivity contribution >= 4 is 0 Å². The van der Waals surface area contributed by atoms with Crippen molar-refractivity contribution in [1.29, 1.82) is 0 Å². The molecule has 0 fully saturated rings. The average Bonchev–Trinajstić information content (AvgIpc) is 2.69. The second-order valence-corrected chi connectivity index (χ2v) is 5.80. The predicted molar refractivity (Wildman–Crippen MR) is 84.6 cm³/mol. The van der Waals surface area contributed by atoms with Crippen LogP contribution in [0.3, 0.4) is 0 Å². The Bertz CT molecular complexity index is 620. The number of rotatable bonds is 2. The first-order valence-electron chi connectivity index (χ1n) is 7.39. The Hall–Kier alpha value is -2.00. The molecule has 1 aliphatic heterocycles. The molecule has 0 amide bonds. The van der Waals surface area contributed by atoms with Gasteiger partial charge in [0.2, 0.25) is 0 Å². The van der Waals surface area contributed by atoms with Crippen LogP contribution in [0.4, 0.5) is 0 Å². The molecule has 2 atom stereocenters. The van der Waals surface area contributed by atoms with Gasteiger partial charge in [0.15, 0.2) is 11.5 Å². The lowest BCUT2D eigenvalue weighted by atomic mass is 10.0. The smallest absolute Gasteiger partial charge is 0.161 e. The summed E-state index contributed by atoms with van der Waals surface area (Å²) in [7, 11) is 0. The summed E-state index contributed by atoms with van der Waals surface area (Å²) < 4.78 is 11.6. The summed E-state index contributed by atoms with van der Waals surface area (Å²) in [6.07, 6.45) is 0. The van der Waals surface area contributed by atoms with E-state index >= 15 is 0 Å². The van der Waals surface area contributed by atoms with Gasteiger partial charge in [0, 0.05) is 12.0 Å². The third-order valence-corrected chi connectivity index (χ3v) is 3.76. The highest BCUT2D eigenvalue weighted by Crippen LogP contribution is 2.35. The maximum atomic E-state index is 5.89. The Kier molecular flexibility index (Phi) is 3.84. The molecule has 2 unspecified atom stereocenters. The molecule has 0 saturated heterocycles. The first kappa shape index (κ1) is 14.0. The normalized spacial score (nSPS) is 18.9. The van der Waals surface area contributed by atoms with Crippen molar-refractivity contribution in [2.45, 2.75) is 19.9 Å². The van der Waals surface area contributed by atoms with Gasteiger partial charge in [-0.05, 0) is 35.7 Å². The largest absolute Gasteiger partial charge is 0.489 e. The Morgan fingerprint density at radius 3 is 2.24 bits per heavy atom. The van der Waals surface area contributed by atoms with Crippen LogP contribution in [0.1, 0.15) is 25.5 Å². The zero-order valence-corrected chi connectivity index (χ0v) is 12.5. The molecule has 0 aliphatic carbocycles. The van der Waals surface area contributed by atoms with Crippen molar-refractivity contribution < 1.29 is 9.47 Å². The fourth-order valence-electron chi connectivity index (χ4n) is 2.41. The van der Waals surface area contributed by atoms with Crippen molar-refractivity contribution in [1.82, 2.24) is 0 Å². The predicted octanol–water partition coefficient (Wildman–Crippen LogP) is 3.78. The van der Waals surface area contributed by atoms with Gasteiger partial charge in [-0.3, -0.25) is 0 Å². The number of fused-ring (bicyclic) bond motifs is 1. The van der Waals surface area contributed by atoms with Crippen LogP contribution in [0.2, 0.25) is 0 Å². The molecule has 0 saturated carbocycles. The second-order valence-electron chi connectivity index (χ2n) is 5.80. The molecule has 2 aromatic rings. The third kappa shape index (κ3) is 3.03. The van der Waals surface area contributed by atoms with Crippen molar-refractivity contribution in [3.63, 3.8) is 0 Å². The monoisotopic (exact) mass is 283 g/mol. The molecule has 110 valence electrons. The van der Waals surface area contributed by atoms with E-state index < -0.39 is 0 Å². The van der Waals surface area contributed by atoms with Crippen LogP contribution >= 0.6 is 0 Å². The Balaban J connectivity index is 1.89. The van der Waals surface area contributed by atoms with Gasteiger partial charge >= 0.3 is 0 Å². The van der Waals surface area contributed by atoms with E-state index in [2.05, 4.69) is 37.3 Å². The molecule has 21 heavy (non-hydrogen) atoms. The van der Waals surface area contributed by atoms with Gasteiger partial charge in [-0.15, -0.1) is 0 Å². The highest BCUT2D eigenvalue weighted by Gasteiger charge is 2.15. The van der Waals surface area contributed by atoms with Crippen molar-refractivity contribution in [2.24, 2.45) is 11.7 Å². The number of ether oxygens (including phenoxy) is 2. The van der Waals surface area contributed by atoms with E-state index in [9.17, 15) is 0 Å². The SMILES string of the molecule is CC1COc2ccc(-c3ccc(C(C)N)cc3)cc2OC1. The Morgan fingerprint density at radius 1 is 0.952 bits per heavy atom. The van der Waals surface area contributed by atoms with E-state index in [1.165, 1.54) is 0 Å². The topological polar surface area (TPSA) is 44.5 Å². The van der Waals surface area contributed by atoms with Crippen LogP contribution < -0.4 is 15.2 Å². The lowest BCUT2D eigenvalue weighted by molar-refractivity contribution is 0.228. The second kappa shape index (κ2) is 5.78.